The third-order valence-corrected chi connectivity index (χ3v) is 5.99. The zero-order valence-corrected chi connectivity index (χ0v) is 17.3. The monoisotopic (exact) mass is 413 g/mol. The maximum absolute atomic E-state index is 13.1. The first-order chi connectivity index (χ1) is 15.2. The van der Waals surface area contributed by atoms with Crippen molar-refractivity contribution in [2.75, 3.05) is 11.9 Å². The number of benzene rings is 1. The van der Waals surface area contributed by atoms with E-state index in [0.717, 1.165) is 49.4 Å². The smallest absolute Gasteiger partial charge is 0.278 e. The number of pyridine rings is 1. The lowest BCUT2D eigenvalue weighted by Crippen LogP contribution is -2.23. The summed E-state index contributed by atoms with van der Waals surface area (Å²) in [6.45, 7) is 3.85. The first-order valence-corrected chi connectivity index (χ1v) is 10.7. The molecule has 4 aromatic rings. The van der Waals surface area contributed by atoms with E-state index in [4.69, 9.17) is 4.98 Å². The van der Waals surface area contributed by atoms with Crippen molar-refractivity contribution in [2.24, 2.45) is 0 Å². The fourth-order valence-corrected chi connectivity index (χ4v) is 4.30. The summed E-state index contributed by atoms with van der Waals surface area (Å²) in [6, 6.07) is 10.5. The minimum Gasteiger partial charge on any atom is -0.324 e. The van der Waals surface area contributed by atoms with Crippen LogP contribution in [0.3, 0.4) is 0 Å². The molecule has 2 aliphatic rings. The molecule has 4 heterocycles. The van der Waals surface area contributed by atoms with Gasteiger partial charge in [0.15, 0.2) is 5.65 Å². The number of hydrogen-bond acceptors (Lipinski definition) is 6. The summed E-state index contributed by atoms with van der Waals surface area (Å²) in [5.74, 6) is 0.480. The number of nitrogens with zero attached hydrogens (tertiary/aromatic N) is 5. The summed E-state index contributed by atoms with van der Waals surface area (Å²) in [7, 11) is 0. The Morgan fingerprint density at radius 2 is 2.03 bits per heavy atom. The molecule has 1 aromatic carbocycles. The van der Waals surface area contributed by atoms with Crippen LogP contribution in [0.5, 0.6) is 0 Å². The highest BCUT2D eigenvalue weighted by Gasteiger charge is 2.30. The maximum atomic E-state index is 13.1. The number of aromatic nitrogens is 5. The zero-order valence-electron chi connectivity index (χ0n) is 17.3. The van der Waals surface area contributed by atoms with E-state index >= 15 is 0 Å². The van der Waals surface area contributed by atoms with E-state index in [9.17, 15) is 4.79 Å². The first-order valence-electron chi connectivity index (χ1n) is 10.7. The molecular weight excluding hydrogens is 390 g/mol. The van der Waals surface area contributed by atoms with Gasteiger partial charge in [0.1, 0.15) is 5.39 Å². The molecular formula is C23H23N7O. The van der Waals surface area contributed by atoms with E-state index in [1.54, 1.807) is 12.4 Å². The summed E-state index contributed by atoms with van der Waals surface area (Å²) in [5.41, 5.74) is 5.98. The van der Waals surface area contributed by atoms with Crippen LogP contribution in [0.4, 0.5) is 11.6 Å². The average molecular weight is 413 g/mol. The van der Waals surface area contributed by atoms with Crippen LogP contribution in [0.1, 0.15) is 35.7 Å². The molecule has 8 nitrogen and oxygen atoms in total. The summed E-state index contributed by atoms with van der Waals surface area (Å²) < 4.78 is 3.75. The third-order valence-electron chi connectivity index (χ3n) is 5.99. The molecule has 0 amide bonds. The van der Waals surface area contributed by atoms with Gasteiger partial charge in [0, 0.05) is 30.3 Å². The Labute approximate surface area is 179 Å². The van der Waals surface area contributed by atoms with Gasteiger partial charge in [-0.1, -0.05) is 6.07 Å². The van der Waals surface area contributed by atoms with E-state index in [1.165, 1.54) is 11.1 Å². The minimum atomic E-state index is -0.0419. The quantitative estimate of drug-likeness (QED) is 0.535. The molecule has 6 rings (SSSR count). The van der Waals surface area contributed by atoms with Crippen molar-refractivity contribution in [1.82, 2.24) is 29.6 Å². The number of aryl methyl sites for hydroxylation is 1. The number of rotatable bonds is 4. The Morgan fingerprint density at radius 1 is 1.13 bits per heavy atom. The van der Waals surface area contributed by atoms with E-state index in [2.05, 4.69) is 32.7 Å². The number of fused-ring (bicyclic) bond motifs is 2. The fraction of sp³-hybridized carbons (Fsp3) is 0.304. The highest BCUT2D eigenvalue weighted by Crippen LogP contribution is 2.35. The van der Waals surface area contributed by atoms with Crippen LogP contribution >= 0.6 is 0 Å². The van der Waals surface area contributed by atoms with E-state index in [-0.39, 0.29) is 11.6 Å². The summed E-state index contributed by atoms with van der Waals surface area (Å²) in [6.07, 6.45) is 6.42. The van der Waals surface area contributed by atoms with Crippen molar-refractivity contribution >= 4 is 22.7 Å². The average Bonchev–Trinajstić information content (AvgIpc) is 3.58. The molecule has 0 spiro atoms. The van der Waals surface area contributed by atoms with Crippen LogP contribution in [0, 0.1) is 6.92 Å². The lowest BCUT2D eigenvalue weighted by atomic mass is 10.0. The molecule has 156 valence electrons. The Bertz CT molecular complexity index is 1370. The van der Waals surface area contributed by atoms with Gasteiger partial charge in [-0.2, -0.15) is 4.98 Å². The summed E-state index contributed by atoms with van der Waals surface area (Å²) >= 11 is 0. The molecule has 2 N–H and O–H groups in total. The molecule has 1 fully saturated rings. The van der Waals surface area contributed by atoms with Gasteiger partial charge in [-0.05, 0) is 68.1 Å². The normalized spacial score (nSPS) is 15.8. The molecule has 0 radical (unpaired) electrons. The van der Waals surface area contributed by atoms with Gasteiger partial charge in [-0.3, -0.25) is 9.78 Å². The molecule has 1 aliphatic heterocycles. The summed E-state index contributed by atoms with van der Waals surface area (Å²) in [4.78, 5) is 26.7. The predicted octanol–water partition coefficient (Wildman–Crippen LogP) is 3.01. The molecule has 0 bridgehead atoms. The van der Waals surface area contributed by atoms with Crippen LogP contribution in [0.15, 0.2) is 47.5 Å². The van der Waals surface area contributed by atoms with Crippen LogP contribution in [0.2, 0.25) is 0 Å². The van der Waals surface area contributed by atoms with Crippen LogP contribution < -0.4 is 16.2 Å². The highest BCUT2D eigenvalue weighted by molar-refractivity contribution is 5.77. The third kappa shape index (κ3) is 3.19. The van der Waals surface area contributed by atoms with Gasteiger partial charge in [-0.15, -0.1) is 0 Å². The number of anilines is 2. The van der Waals surface area contributed by atoms with Crippen molar-refractivity contribution in [1.29, 1.82) is 0 Å². The highest BCUT2D eigenvalue weighted by atomic mass is 16.1. The van der Waals surface area contributed by atoms with Crippen molar-refractivity contribution in [3.05, 3.63) is 69.9 Å². The van der Waals surface area contributed by atoms with Gasteiger partial charge in [0.25, 0.3) is 5.56 Å². The Hall–Kier alpha value is -3.52. The van der Waals surface area contributed by atoms with Crippen LogP contribution in [-0.4, -0.2) is 30.9 Å². The van der Waals surface area contributed by atoms with Gasteiger partial charge in [-0.25, -0.2) is 14.3 Å². The number of nitrogens with one attached hydrogen (secondary N) is 2. The minimum absolute atomic E-state index is 0.0419. The van der Waals surface area contributed by atoms with Gasteiger partial charge in [0.05, 0.1) is 11.7 Å². The standard InChI is InChI=1S/C23H23N7O/c1-14-10-19(7-9-25-14)29-21-20(22(31)30(29)18-4-5-18)13-26-23(28-21)27-17-3-2-16-12-24-8-6-15(16)11-17/h2-3,7,9-11,13,18,24H,4-6,8,12H2,1H3,(H,26,27,28). The van der Waals surface area contributed by atoms with Gasteiger partial charge >= 0.3 is 0 Å². The summed E-state index contributed by atoms with van der Waals surface area (Å²) in [5, 5.41) is 7.25. The van der Waals surface area contributed by atoms with E-state index in [0.29, 0.717) is 17.0 Å². The Morgan fingerprint density at radius 3 is 2.87 bits per heavy atom. The van der Waals surface area contributed by atoms with E-state index in [1.807, 2.05) is 34.5 Å². The van der Waals surface area contributed by atoms with Crippen LogP contribution in [0.25, 0.3) is 16.7 Å². The second-order valence-corrected chi connectivity index (χ2v) is 8.31. The second kappa shape index (κ2) is 7.02. The molecule has 3 aromatic heterocycles. The maximum Gasteiger partial charge on any atom is 0.278 e. The second-order valence-electron chi connectivity index (χ2n) is 8.31. The fourth-order valence-electron chi connectivity index (χ4n) is 4.30. The Kier molecular flexibility index (Phi) is 4.14. The SMILES string of the molecule is Cc1cc(-n2c3nc(Nc4ccc5c(c4)CCNC5)ncc3c(=O)n2C2CC2)ccn1. The molecule has 1 aliphatic carbocycles. The zero-order chi connectivity index (χ0) is 20.9. The van der Waals surface area contributed by atoms with Crippen molar-refractivity contribution in [2.45, 2.75) is 38.8 Å². The molecule has 0 atom stereocenters. The molecule has 8 heteroatoms. The van der Waals surface area contributed by atoms with E-state index < -0.39 is 0 Å². The van der Waals surface area contributed by atoms with Crippen molar-refractivity contribution in [3.8, 4) is 5.69 Å². The van der Waals surface area contributed by atoms with Crippen molar-refractivity contribution in [3.63, 3.8) is 0 Å². The molecule has 1 saturated carbocycles. The topological polar surface area (TPSA) is 89.7 Å². The lowest BCUT2D eigenvalue weighted by molar-refractivity contribution is 0.559. The molecule has 0 saturated heterocycles. The Balaban J connectivity index is 1.46. The molecule has 0 unspecified atom stereocenters. The van der Waals surface area contributed by atoms with Gasteiger partial charge in [0.2, 0.25) is 5.95 Å². The van der Waals surface area contributed by atoms with Crippen molar-refractivity contribution < 1.29 is 0 Å². The molecule has 31 heavy (non-hydrogen) atoms. The largest absolute Gasteiger partial charge is 0.324 e. The van der Waals surface area contributed by atoms with Gasteiger partial charge < -0.3 is 10.6 Å². The lowest BCUT2D eigenvalue weighted by Gasteiger charge is -2.18. The predicted molar refractivity (Wildman–Crippen MR) is 119 cm³/mol. The number of hydrogen-bond donors (Lipinski definition) is 2. The van der Waals surface area contributed by atoms with Crippen LogP contribution in [-0.2, 0) is 13.0 Å². The first kappa shape index (κ1) is 18.3.